The molecule has 1 aliphatic heterocycles. The summed E-state index contributed by atoms with van der Waals surface area (Å²) in [4.78, 5) is 14.3. The maximum atomic E-state index is 12.8. The Morgan fingerprint density at radius 3 is 2.58 bits per heavy atom. The first-order valence-electron chi connectivity index (χ1n) is 8.24. The number of hydrogen-bond donors (Lipinski definition) is 2. The number of halogens is 1. The Balaban J connectivity index is 1.40. The molecule has 3 rings (SSSR count). The van der Waals surface area contributed by atoms with Crippen molar-refractivity contribution >= 4 is 6.03 Å². The Bertz CT molecular complexity index is 660. The molecule has 1 heterocycles. The van der Waals surface area contributed by atoms with Crippen LogP contribution in [-0.4, -0.2) is 30.1 Å². The summed E-state index contributed by atoms with van der Waals surface area (Å²) in [5.74, 6) is -0.271. The average molecular weight is 327 g/mol. The zero-order valence-corrected chi connectivity index (χ0v) is 13.5. The first-order chi connectivity index (χ1) is 11.7. The molecule has 0 aliphatic carbocycles. The number of likely N-dealkylation sites (tertiary alicyclic amines) is 1. The molecule has 1 fully saturated rings. The number of carbonyl (C=O) groups is 1. The van der Waals surface area contributed by atoms with Gasteiger partial charge in [0.2, 0.25) is 0 Å². The summed E-state index contributed by atoms with van der Waals surface area (Å²) in [5, 5.41) is 5.83. The zero-order valence-electron chi connectivity index (χ0n) is 13.5. The fraction of sp³-hybridized carbons (Fsp3) is 0.316. The summed E-state index contributed by atoms with van der Waals surface area (Å²) in [5.41, 5.74) is 2.17. The van der Waals surface area contributed by atoms with E-state index in [-0.39, 0.29) is 17.9 Å². The minimum Gasteiger partial charge on any atom is -0.334 e. The van der Waals surface area contributed by atoms with E-state index in [9.17, 15) is 9.18 Å². The maximum Gasteiger partial charge on any atom is 0.315 e. The van der Waals surface area contributed by atoms with E-state index in [1.54, 1.807) is 12.1 Å². The van der Waals surface area contributed by atoms with Gasteiger partial charge in [-0.3, -0.25) is 4.90 Å². The molecule has 0 spiro atoms. The van der Waals surface area contributed by atoms with Crippen molar-refractivity contribution in [3.63, 3.8) is 0 Å². The second-order valence-corrected chi connectivity index (χ2v) is 6.16. The first kappa shape index (κ1) is 16.5. The van der Waals surface area contributed by atoms with Crippen molar-refractivity contribution in [2.45, 2.75) is 25.6 Å². The van der Waals surface area contributed by atoms with Crippen LogP contribution in [0.15, 0.2) is 54.6 Å². The molecule has 0 radical (unpaired) electrons. The van der Waals surface area contributed by atoms with Crippen LogP contribution in [0, 0.1) is 5.82 Å². The van der Waals surface area contributed by atoms with Gasteiger partial charge in [-0.15, -0.1) is 0 Å². The molecule has 0 unspecified atom stereocenters. The van der Waals surface area contributed by atoms with Crippen molar-refractivity contribution in [3.05, 3.63) is 71.5 Å². The van der Waals surface area contributed by atoms with Crippen LogP contribution >= 0.6 is 0 Å². The van der Waals surface area contributed by atoms with Gasteiger partial charge in [-0.05, 0) is 29.7 Å². The third-order valence-electron chi connectivity index (χ3n) is 4.22. The molecular weight excluding hydrogens is 305 g/mol. The van der Waals surface area contributed by atoms with Crippen molar-refractivity contribution in [3.8, 4) is 0 Å². The highest BCUT2D eigenvalue weighted by atomic mass is 19.1. The molecule has 1 aliphatic rings. The van der Waals surface area contributed by atoms with Gasteiger partial charge in [-0.25, -0.2) is 9.18 Å². The third kappa shape index (κ3) is 4.80. The number of carbonyl (C=O) groups excluding carboxylic acids is 1. The van der Waals surface area contributed by atoms with Crippen LogP contribution in [0.1, 0.15) is 17.5 Å². The number of rotatable bonds is 5. The molecule has 0 aromatic heterocycles. The molecule has 0 bridgehead atoms. The standard InChI is InChI=1S/C19H22FN3O/c20-17-8-6-15(7-9-17)12-21-19(24)22-18-10-11-23(14-18)13-16-4-2-1-3-5-16/h1-9,18H,10-14H2,(H2,21,22,24)/t18-/m0/s1. The number of nitrogens with one attached hydrogen (secondary N) is 2. The van der Waals surface area contributed by atoms with Crippen molar-refractivity contribution in [1.82, 2.24) is 15.5 Å². The fourth-order valence-corrected chi connectivity index (χ4v) is 2.96. The molecule has 2 amide bonds. The maximum absolute atomic E-state index is 12.8. The van der Waals surface area contributed by atoms with Gasteiger partial charge in [0, 0.05) is 32.2 Å². The van der Waals surface area contributed by atoms with Gasteiger partial charge < -0.3 is 10.6 Å². The Kier molecular flexibility index (Phi) is 5.43. The van der Waals surface area contributed by atoms with Gasteiger partial charge in [0.15, 0.2) is 0 Å². The zero-order chi connectivity index (χ0) is 16.8. The molecule has 2 aromatic rings. The smallest absolute Gasteiger partial charge is 0.315 e. The molecule has 4 nitrogen and oxygen atoms in total. The topological polar surface area (TPSA) is 44.4 Å². The lowest BCUT2D eigenvalue weighted by Crippen LogP contribution is -2.43. The van der Waals surface area contributed by atoms with Gasteiger partial charge in [-0.2, -0.15) is 0 Å². The number of hydrogen-bond acceptors (Lipinski definition) is 2. The van der Waals surface area contributed by atoms with Crippen LogP contribution in [0.2, 0.25) is 0 Å². The summed E-state index contributed by atoms with van der Waals surface area (Å²) >= 11 is 0. The lowest BCUT2D eigenvalue weighted by atomic mass is 10.2. The summed E-state index contributed by atoms with van der Waals surface area (Å²) in [6.07, 6.45) is 0.955. The van der Waals surface area contributed by atoms with Crippen LogP contribution in [0.25, 0.3) is 0 Å². The fourth-order valence-electron chi connectivity index (χ4n) is 2.96. The number of benzene rings is 2. The van der Waals surface area contributed by atoms with Crippen molar-refractivity contribution in [1.29, 1.82) is 0 Å². The van der Waals surface area contributed by atoms with E-state index < -0.39 is 0 Å². The van der Waals surface area contributed by atoms with Crippen molar-refractivity contribution in [2.24, 2.45) is 0 Å². The van der Waals surface area contributed by atoms with Crippen molar-refractivity contribution in [2.75, 3.05) is 13.1 Å². The predicted octanol–water partition coefficient (Wildman–Crippen LogP) is 2.90. The van der Waals surface area contributed by atoms with Crippen molar-refractivity contribution < 1.29 is 9.18 Å². The van der Waals surface area contributed by atoms with Crippen LogP contribution in [-0.2, 0) is 13.1 Å². The Morgan fingerprint density at radius 2 is 1.83 bits per heavy atom. The van der Waals surface area contributed by atoms with E-state index in [0.717, 1.165) is 31.6 Å². The number of amides is 2. The quantitative estimate of drug-likeness (QED) is 0.887. The summed E-state index contributed by atoms with van der Waals surface area (Å²) < 4.78 is 12.8. The molecular formula is C19H22FN3O. The predicted molar refractivity (Wildman–Crippen MR) is 91.9 cm³/mol. The summed E-state index contributed by atoms with van der Waals surface area (Å²) in [6, 6.07) is 16.5. The highest BCUT2D eigenvalue weighted by Gasteiger charge is 2.23. The van der Waals surface area contributed by atoms with E-state index in [0.29, 0.717) is 6.54 Å². The Hall–Kier alpha value is -2.40. The normalized spacial score (nSPS) is 17.6. The lowest BCUT2D eigenvalue weighted by Gasteiger charge is -2.17. The van der Waals surface area contributed by atoms with Crippen LogP contribution in [0.5, 0.6) is 0 Å². The second-order valence-electron chi connectivity index (χ2n) is 6.16. The van der Waals surface area contributed by atoms with Gasteiger partial charge in [0.25, 0.3) is 0 Å². The van der Waals surface area contributed by atoms with E-state index in [4.69, 9.17) is 0 Å². The SMILES string of the molecule is O=C(NCc1ccc(F)cc1)N[C@H]1CCN(Cc2ccccc2)C1. The molecule has 1 atom stereocenters. The van der Waals surface area contributed by atoms with E-state index >= 15 is 0 Å². The minimum atomic E-state index is -0.271. The van der Waals surface area contributed by atoms with Gasteiger partial charge in [0.1, 0.15) is 5.82 Å². The monoisotopic (exact) mass is 327 g/mol. The van der Waals surface area contributed by atoms with Gasteiger partial charge in [0.05, 0.1) is 0 Å². The highest BCUT2D eigenvalue weighted by molar-refractivity contribution is 5.74. The second kappa shape index (κ2) is 7.93. The lowest BCUT2D eigenvalue weighted by molar-refractivity contribution is 0.235. The van der Waals surface area contributed by atoms with E-state index in [1.165, 1.54) is 17.7 Å². The molecule has 2 aromatic carbocycles. The number of nitrogens with zero attached hydrogens (tertiary/aromatic N) is 1. The van der Waals surface area contributed by atoms with Crippen LogP contribution < -0.4 is 10.6 Å². The molecule has 24 heavy (non-hydrogen) atoms. The third-order valence-corrected chi connectivity index (χ3v) is 4.22. The Morgan fingerprint density at radius 1 is 1.08 bits per heavy atom. The van der Waals surface area contributed by atoms with Gasteiger partial charge >= 0.3 is 6.03 Å². The largest absolute Gasteiger partial charge is 0.334 e. The van der Waals surface area contributed by atoms with Gasteiger partial charge in [-0.1, -0.05) is 42.5 Å². The highest BCUT2D eigenvalue weighted by Crippen LogP contribution is 2.13. The summed E-state index contributed by atoms with van der Waals surface area (Å²) in [6.45, 7) is 3.15. The van der Waals surface area contributed by atoms with Crippen LogP contribution in [0.4, 0.5) is 9.18 Å². The summed E-state index contributed by atoms with van der Waals surface area (Å²) in [7, 11) is 0. The molecule has 126 valence electrons. The minimum absolute atomic E-state index is 0.168. The molecule has 1 saturated heterocycles. The molecule has 2 N–H and O–H groups in total. The molecule has 0 saturated carbocycles. The Labute approximate surface area is 141 Å². The average Bonchev–Trinajstić information content (AvgIpc) is 3.02. The van der Waals surface area contributed by atoms with E-state index in [1.807, 2.05) is 18.2 Å². The van der Waals surface area contributed by atoms with E-state index in [2.05, 4.69) is 27.7 Å². The van der Waals surface area contributed by atoms with Crippen LogP contribution in [0.3, 0.4) is 0 Å². The number of urea groups is 1. The molecule has 5 heteroatoms. The first-order valence-corrected chi connectivity index (χ1v) is 8.24.